The van der Waals surface area contributed by atoms with E-state index in [4.69, 9.17) is 0 Å². The average Bonchev–Trinajstić information content (AvgIpc) is 2.32. The minimum absolute atomic E-state index is 0.764. The second kappa shape index (κ2) is 4.22. The molecule has 2 fully saturated rings. The van der Waals surface area contributed by atoms with Crippen molar-refractivity contribution in [2.24, 2.45) is 5.92 Å². The van der Waals surface area contributed by atoms with E-state index in [9.17, 15) is 0 Å². The van der Waals surface area contributed by atoms with Crippen molar-refractivity contribution < 1.29 is 0 Å². The number of hydrogen-bond donors (Lipinski definition) is 1. The third kappa shape index (κ3) is 2.21. The fourth-order valence-corrected chi connectivity index (χ4v) is 3.57. The van der Waals surface area contributed by atoms with Crippen LogP contribution >= 0.6 is 11.8 Å². The van der Waals surface area contributed by atoms with Gasteiger partial charge in [0.25, 0.3) is 0 Å². The van der Waals surface area contributed by atoms with Crippen molar-refractivity contribution in [3.8, 4) is 0 Å². The van der Waals surface area contributed by atoms with Gasteiger partial charge >= 0.3 is 0 Å². The van der Waals surface area contributed by atoms with Crippen LogP contribution in [0.15, 0.2) is 0 Å². The summed E-state index contributed by atoms with van der Waals surface area (Å²) in [7, 11) is 0. The lowest BCUT2D eigenvalue weighted by atomic mass is 9.80. The molecule has 1 nitrogen and oxygen atoms in total. The zero-order chi connectivity index (χ0) is 9.26. The summed E-state index contributed by atoms with van der Waals surface area (Å²) in [5.74, 6) is 2.34. The molecule has 0 aromatic carbocycles. The first-order chi connectivity index (χ1) is 6.27. The van der Waals surface area contributed by atoms with Crippen molar-refractivity contribution >= 4 is 11.8 Å². The van der Waals surface area contributed by atoms with Gasteiger partial charge in [-0.2, -0.15) is 11.8 Å². The lowest BCUT2D eigenvalue weighted by Gasteiger charge is -2.34. The highest BCUT2D eigenvalue weighted by Crippen LogP contribution is 2.32. The highest BCUT2D eigenvalue weighted by atomic mass is 32.2. The molecular weight excluding hydrogens is 178 g/mol. The molecule has 2 unspecified atom stereocenters. The predicted octanol–water partition coefficient (Wildman–Crippen LogP) is 2.66. The monoisotopic (exact) mass is 199 g/mol. The minimum atomic E-state index is 0.764. The molecule has 0 radical (unpaired) electrons. The summed E-state index contributed by atoms with van der Waals surface area (Å²) >= 11 is 2.12. The van der Waals surface area contributed by atoms with Crippen molar-refractivity contribution in [2.75, 3.05) is 5.75 Å². The molecule has 1 aliphatic heterocycles. The Labute approximate surface area is 86.0 Å². The van der Waals surface area contributed by atoms with E-state index >= 15 is 0 Å². The molecule has 0 aromatic rings. The van der Waals surface area contributed by atoms with Crippen LogP contribution in [-0.4, -0.2) is 23.1 Å². The summed E-state index contributed by atoms with van der Waals surface area (Å²) in [4.78, 5) is 0. The van der Waals surface area contributed by atoms with Gasteiger partial charge in [-0.1, -0.05) is 13.3 Å². The van der Waals surface area contributed by atoms with E-state index in [1.807, 2.05) is 0 Å². The maximum atomic E-state index is 3.81. The lowest BCUT2D eigenvalue weighted by Crippen LogP contribution is -2.45. The number of rotatable bonds is 3. The highest BCUT2D eigenvalue weighted by molar-refractivity contribution is 8.00. The van der Waals surface area contributed by atoms with Gasteiger partial charge in [0.1, 0.15) is 0 Å². The Bertz CT molecular complexity index is 167. The van der Waals surface area contributed by atoms with Crippen molar-refractivity contribution in [1.29, 1.82) is 0 Å². The molecule has 76 valence electrons. The molecule has 0 amide bonds. The number of nitrogens with one attached hydrogen (secondary N) is 1. The molecule has 0 aromatic heterocycles. The van der Waals surface area contributed by atoms with Crippen LogP contribution < -0.4 is 5.32 Å². The zero-order valence-electron chi connectivity index (χ0n) is 8.75. The summed E-state index contributed by atoms with van der Waals surface area (Å²) in [6.07, 6.45) is 5.76. The van der Waals surface area contributed by atoms with Crippen LogP contribution in [0.4, 0.5) is 0 Å². The van der Waals surface area contributed by atoms with Gasteiger partial charge in [-0.15, -0.1) is 0 Å². The maximum absolute atomic E-state index is 3.81. The number of thioether (sulfide) groups is 1. The van der Waals surface area contributed by atoms with Gasteiger partial charge in [0.2, 0.25) is 0 Å². The Morgan fingerprint density at radius 3 is 2.54 bits per heavy atom. The van der Waals surface area contributed by atoms with Gasteiger partial charge in [0.05, 0.1) is 0 Å². The second-order valence-electron chi connectivity index (χ2n) is 4.62. The van der Waals surface area contributed by atoms with E-state index in [1.165, 1.54) is 31.4 Å². The standard InChI is InChI=1S/C11H21NS/c1-8(10-4-3-5-10)12-11-6-7-13-9(11)2/h8-12H,3-7H2,1-2H3/t8-,9?,11?/m0/s1. The minimum Gasteiger partial charge on any atom is -0.310 e. The SMILES string of the molecule is CC1SCCC1N[C@@H](C)C1CCC1. The molecule has 1 aliphatic carbocycles. The topological polar surface area (TPSA) is 12.0 Å². The number of hydrogen-bond acceptors (Lipinski definition) is 2. The molecule has 13 heavy (non-hydrogen) atoms. The van der Waals surface area contributed by atoms with Gasteiger partial charge in [-0.25, -0.2) is 0 Å². The van der Waals surface area contributed by atoms with Gasteiger partial charge in [0.15, 0.2) is 0 Å². The van der Waals surface area contributed by atoms with Gasteiger partial charge in [-0.3, -0.25) is 0 Å². The van der Waals surface area contributed by atoms with Crippen molar-refractivity contribution in [3.63, 3.8) is 0 Å². The Balaban J connectivity index is 1.75. The molecule has 1 heterocycles. The summed E-state index contributed by atoms with van der Waals surface area (Å²) in [6.45, 7) is 4.74. The van der Waals surface area contributed by atoms with Crippen LogP contribution in [0.5, 0.6) is 0 Å². The lowest BCUT2D eigenvalue weighted by molar-refractivity contribution is 0.226. The quantitative estimate of drug-likeness (QED) is 0.750. The van der Waals surface area contributed by atoms with Crippen LogP contribution in [0.25, 0.3) is 0 Å². The van der Waals surface area contributed by atoms with Gasteiger partial charge < -0.3 is 5.32 Å². The predicted molar refractivity (Wildman–Crippen MR) is 60.3 cm³/mol. The molecule has 2 aliphatic rings. The third-order valence-corrected chi connectivity index (χ3v) is 5.04. The first kappa shape index (κ1) is 9.85. The average molecular weight is 199 g/mol. The Hall–Kier alpha value is 0.310. The highest BCUT2D eigenvalue weighted by Gasteiger charge is 2.29. The summed E-state index contributed by atoms with van der Waals surface area (Å²) in [6, 6.07) is 1.56. The summed E-state index contributed by atoms with van der Waals surface area (Å²) < 4.78 is 0. The molecule has 3 atom stereocenters. The van der Waals surface area contributed by atoms with Crippen LogP contribution in [0, 0.1) is 5.92 Å². The van der Waals surface area contributed by atoms with E-state index in [-0.39, 0.29) is 0 Å². The normalized spacial score (nSPS) is 37.4. The van der Waals surface area contributed by atoms with Gasteiger partial charge in [-0.05, 0) is 37.9 Å². The van der Waals surface area contributed by atoms with E-state index < -0.39 is 0 Å². The van der Waals surface area contributed by atoms with Gasteiger partial charge in [0, 0.05) is 17.3 Å². The molecule has 1 N–H and O–H groups in total. The molecular formula is C11H21NS. The third-order valence-electron chi connectivity index (χ3n) is 3.71. The van der Waals surface area contributed by atoms with Crippen LogP contribution in [0.1, 0.15) is 39.5 Å². The fraction of sp³-hybridized carbons (Fsp3) is 1.00. The van der Waals surface area contributed by atoms with Crippen LogP contribution in [-0.2, 0) is 0 Å². The van der Waals surface area contributed by atoms with E-state index in [1.54, 1.807) is 0 Å². The van der Waals surface area contributed by atoms with E-state index in [0.29, 0.717) is 0 Å². The summed E-state index contributed by atoms with van der Waals surface area (Å²) in [5, 5.41) is 4.65. The van der Waals surface area contributed by atoms with E-state index in [2.05, 4.69) is 30.9 Å². The molecule has 0 spiro atoms. The molecule has 1 saturated carbocycles. The van der Waals surface area contributed by atoms with Crippen molar-refractivity contribution in [3.05, 3.63) is 0 Å². The Morgan fingerprint density at radius 2 is 2.08 bits per heavy atom. The molecule has 0 bridgehead atoms. The fourth-order valence-electron chi connectivity index (χ4n) is 2.36. The van der Waals surface area contributed by atoms with E-state index in [0.717, 1.165) is 23.3 Å². The molecule has 2 rings (SSSR count). The van der Waals surface area contributed by atoms with Crippen LogP contribution in [0.2, 0.25) is 0 Å². The van der Waals surface area contributed by atoms with Crippen LogP contribution in [0.3, 0.4) is 0 Å². The molecule has 1 saturated heterocycles. The van der Waals surface area contributed by atoms with Crippen molar-refractivity contribution in [1.82, 2.24) is 5.32 Å². The Morgan fingerprint density at radius 1 is 1.31 bits per heavy atom. The molecule has 2 heteroatoms. The second-order valence-corrected chi connectivity index (χ2v) is 6.10. The smallest absolute Gasteiger partial charge is 0.0194 e. The summed E-state index contributed by atoms with van der Waals surface area (Å²) in [5.41, 5.74) is 0. The largest absolute Gasteiger partial charge is 0.310 e. The first-order valence-corrected chi connectivity index (χ1v) is 6.70. The maximum Gasteiger partial charge on any atom is 0.0194 e. The zero-order valence-corrected chi connectivity index (χ0v) is 9.57. The van der Waals surface area contributed by atoms with Crippen molar-refractivity contribution in [2.45, 2.75) is 56.9 Å². The first-order valence-electron chi connectivity index (χ1n) is 5.65. The Kier molecular flexibility index (Phi) is 3.20.